The summed E-state index contributed by atoms with van der Waals surface area (Å²) in [6.45, 7) is 7.14. The SMILES string of the molecule is CCCN(C)C(=NC(C)C)NN. The topological polar surface area (TPSA) is 53.6 Å². The summed E-state index contributed by atoms with van der Waals surface area (Å²) >= 11 is 0. The lowest BCUT2D eigenvalue weighted by atomic mass is 10.4. The molecule has 12 heavy (non-hydrogen) atoms. The Morgan fingerprint density at radius 1 is 1.58 bits per heavy atom. The van der Waals surface area contributed by atoms with Crippen molar-refractivity contribution in [3.8, 4) is 0 Å². The molecule has 0 aliphatic carbocycles. The van der Waals surface area contributed by atoms with Gasteiger partial charge in [0.2, 0.25) is 5.96 Å². The first-order valence-corrected chi connectivity index (χ1v) is 4.37. The molecule has 0 fully saturated rings. The van der Waals surface area contributed by atoms with Gasteiger partial charge in [0, 0.05) is 19.6 Å². The van der Waals surface area contributed by atoms with E-state index in [0.29, 0.717) is 0 Å². The van der Waals surface area contributed by atoms with Gasteiger partial charge in [-0.25, -0.2) is 10.8 Å². The minimum atomic E-state index is 0.273. The summed E-state index contributed by atoms with van der Waals surface area (Å²) in [7, 11) is 1.98. The van der Waals surface area contributed by atoms with Gasteiger partial charge in [0.25, 0.3) is 0 Å². The van der Waals surface area contributed by atoms with Crippen molar-refractivity contribution in [1.29, 1.82) is 0 Å². The van der Waals surface area contributed by atoms with Crippen LogP contribution in [0.5, 0.6) is 0 Å². The molecule has 0 heterocycles. The fourth-order valence-electron chi connectivity index (χ4n) is 0.932. The molecule has 0 aliphatic rings. The monoisotopic (exact) mass is 172 g/mol. The van der Waals surface area contributed by atoms with Crippen molar-refractivity contribution >= 4 is 5.96 Å². The maximum absolute atomic E-state index is 5.33. The van der Waals surface area contributed by atoms with Gasteiger partial charge in [0.15, 0.2) is 0 Å². The Balaban J connectivity index is 4.13. The van der Waals surface area contributed by atoms with Crippen LogP contribution >= 0.6 is 0 Å². The molecule has 4 nitrogen and oxygen atoms in total. The fourth-order valence-corrected chi connectivity index (χ4v) is 0.932. The molecule has 3 N–H and O–H groups in total. The van der Waals surface area contributed by atoms with Crippen LogP contribution in [0, 0.1) is 0 Å². The van der Waals surface area contributed by atoms with E-state index >= 15 is 0 Å². The Morgan fingerprint density at radius 2 is 2.17 bits per heavy atom. The van der Waals surface area contributed by atoms with Crippen molar-refractivity contribution in [3.05, 3.63) is 0 Å². The molecule has 0 saturated heterocycles. The van der Waals surface area contributed by atoms with E-state index in [1.54, 1.807) is 0 Å². The highest BCUT2D eigenvalue weighted by molar-refractivity contribution is 5.79. The van der Waals surface area contributed by atoms with Crippen LogP contribution < -0.4 is 11.3 Å². The summed E-state index contributed by atoms with van der Waals surface area (Å²) in [5, 5.41) is 0. The first-order chi connectivity index (χ1) is 5.61. The lowest BCUT2D eigenvalue weighted by molar-refractivity contribution is 0.476. The minimum absolute atomic E-state index is 0.273. The Morgan fingerprint density at radius 3 is 2.50 bits per heavy atom. The number of nitrogens with two attached hydrogens (primary N) is 1. The zero-order valence-corrected chi connectivity index (χ0v) is 8.46. The van der Waals surface area contributed by atoms with Crippen molar-refractivity contribution in [1.82, 2.24) is 10.3 Å². The van der Waals surface area contributed by atoms with Crippen LogP contribution in [0.15, 0.2) is 4.99 Å². The van der Waals surface area contributed by atoms with Crippen LogP contribution in [-0.2, 0) is 0 Å². The molecule has 0 aromatic rings. The van der Waals surface area contributed by atoms with Gasteiger partial charge in [-0.15, -0.1) is 0 Å². The summed E-state index contributed by atoms with van der Waals surface area (Å²) < 4.78 is 0. The number of hydrogen-bond acceptors (Lipinski definition) is 2. The van der Waals surface area contributed by atoms with Crippen molar-refractivity contribution < 1.29 is 0 Å². The highest BCUT2D eigenvalue weighted by Crippen LogP contribution is 1.91. The standard InChI is InChI=1S/C8H20N4/c1-5-6-12(4)8(11-9)10-7(2)3/h7H,5-6,9H2,1-4H3,(H,10,11). The molecular weight excluding hydrogens is 152 g/mol. The Bertz CT molecular complexity index is 142. The molecule has 4 heteroatoms. The van der Waals surface area contributed by atoms with Crippen LogP contribution in [-0.4, -0.2) is 30.5 Å². The molecule has 0 saturated carbocycles. The summed E-state index contributed by atoms with van der Waals surface area (Å²) in [4.78, 5) is 6.33. The van der Waals surface area contributed by atoms with Crippen LogP contribution in [0.4, 0.5) is 0 Å². The normalized spacial score (nSPS) is 12.0. The zero-order chi connectivity index (χ0) is 9.56. The van der Waals surface area contributed by atoms with Crippen LogP contribution in [0.1, 0.15) is 27.2 Å². The third kappa shape index (κ3) is 4.18. The Kier molecular flexibility index (Phi) is 5.45. The van der Waals surface area contributed by atoms with Crippen molar-refractivity contribution in [2.75, 3.05) is 13.6 Å². The lowest BCUT2D eigenvalue weighted by Gasteiger charge is -2.20. The van der Waals surface area contributed by atoms with Crippen molar-refractivity contribution in [2.24, 2.45) is 10.8 Å². The highest BCUT2D eigenvalue weighted by atomic mass is 15.4. The van der Waals surface area contributed by atoms with E-state index in [9.17, 15) is 0 Å². The number of hydrazine groups is 1. The first-order valence-electron chi connectivity index (χ1n) is 4.37. The van der Waals surface area contributed by atoms with Gasteiger partial charge >= 0.3 is 0 Å². The number of rotatable bonds is 3. The van der Waals surface area contributed by atoms with E-state index < -0.39 is 0 Å². The molecule has 0 aromatic heterocycles. The van der Waals surface area contributed by atoms with Gasteiger partial charge < -0.3 is 4.90 Å². The van der Waals surface area contributed by atoms with E-state index in [1.807, 2.05) is 25.8 Å². The molecule has 0 atom stereocenters. The second kappa shape index (κ2) is 5.83. The second-order valence-corrected chi connectivity index (χ2v) is 3.11. The van der Waals surface area contributed by atoms with Crippen LogP contribution in [0.25, 0.3) is 0 Å². The van der Waals surface area contributed by atoms with Crippen molar-refractivity contribution in [3.63, 3.8) is 0 Å². The number of nitrogens with zero attached hydrogens (tertiary/aromatic N) is 2. The smallest absolute Gasteiger partial charge is 0.208 e. The van der Waals surface area contributed by atoms with Gasteiger partial charge in [0.1, 0.15) is 0 Å². The predicted octanol–water partition coefficient (Wildman–Crippen LogP) is 0.556. The molecule has 72 valence electrons. The molecule has 0 aromatic carbocycles. The predicted molar refractivity (Wildman–Crippen MR) is 52.8 cm³/mol. The minimum Gasteiger partial charge on any atom is -0.345 e. The number of aliphatic imine (C=N–C) groups is 1. The zero-order valence-electron chi connectivity index (χ0n) is 8.46. The average Bonchev–Trinajstić information content (AvgIpc) is 2.00. The molecule has 0 aliphatic heterocycles. The van der Waals surface area contributed by atoms with Gasteiger partial charge in [-0.05, 0) is 20.3 Å². The van der Waals surface area contributed by atoms with Crippen LogP contribution in [0.3, 0.4) is 0 Å². The molecule has 0 spiro atoms. The fraction of sp³-hybridized carbons (Fsp3) is 0.875. The second-order valence-electron chi connectivity index (χ2n) is 3.11. The van der Waals surface area contributed by atoms with E-state index in [0.717, 1.165) is 18.9 Å². The molecule has 0 amide bonds. The lowest BCUT2D eigenvalue weighted by Crippen LogP contribution is -2.43. The molecule has 0 unspecified atom stereocenters. The maximum Gasteiger partial charge on any atom is 0.208 e. The summed E-state index contributed by atoms with van der Waals surface area (Å²) in [6, 6.07) is 0.273. The quantitative estimate of drug-likeness (QED) is 0.283. The summed E-state index contributed by atoms with van der Waals surface area (Å²) in [6.07, 6.45) is 1.09. The number of nitrogens with one attached hydrogen (secondary N) is 1. The average molecular weight is 172 g/mol. The van der Waals surface area contributed by atoms with E-state index in [2.05, 4.69) is 17.3 Å². The highest BCUT2D eigenvalue weighted by Gasteiger charge is 2.03. The molecule has 0 rings (SSSR count). The van der Waals surface area contributed by atoms with E-state index in [4.69, 9.17) is 5.84 Å². The molecular formula is C8H20N4. The van der Waals surface area contributed by atoms with E-state index in [1.165, 1.54) is 0 Å². The Labute approximate surface area is 74.8 Å². The van der Waals surface area contributed by atoms with Gasteiger partial charge in [-0.2, -0.15) is 0 Å². The number of hydrogen-bond donors (Lipinski definition) is 2. The van der Waals surface area contributed by atoms with Crippen LogP contribution in [0.2, 0.25) is 0 Å². The Hall–Kier alpha value is -0.770. The molecule has 0 bridgehead atoms. The van der Waals surface area contributed by atoms with Gasteiger partial charge in [0.05, 0.1) is 0 Å². The van der Waals surface area contributed by atoms with Crippen molar-refractivity contribution in [2.45, 2.75) is 33.2 Å². The van der Waals surface area contributed by atoms with Gasteiger partial charge in [-0.1, -0.05) is 6.92 Å². The third-order valence-electron chi connectivity index (χ3n) is 1.43. The summed E-state index contributed by atoms with van der Waals surface area (Å²) in [5.41, 5.74) is 2.59. The summed E-state index contributed by atoms with van der Waals surface area (Å²) in [5.74, 6) is 6.09. The maximum atomic E-state index is 5.33. The first kappa shape index (κ1) is 11.2. The number of guanidine groups is 1. The largest absolute Gasteiger partial charge is 0.345 e. The third-order valence-corrected chi connectivity index (χ3v) is 1.43. The molecule has 0 radical (unpaired) electrons. The van der Waals surface area contributed by atoms with Gasteiger partial charge in [-0.3, -0.25) is 5.43 Å². The van der Waals surface area contributed by atoms with E-state index in [-0.39, 0.29) is 6.04 Å².